The highest BCUT2D eigenvalue weighted by atomic mass is 16.4. The van der Waals surface area contributed by atoms with Crippen molar-refractivity contribution in [1.29, 1.82) is 0 Å². The van der Waals surface area contributed by atoms with Crippen molar-refractivity contribution in [3.05, 3.63) is 58.4 Å². The number of carboxylic acid groups (broad SMARTS) is 1. The largest absolute Gasteiger partial charge is 0.477 e. The lowest BCUT2D eigenvalue weighted by molar-refractivity contribution is 0.0685. The van der Waals surface area contributed by atoms with Gasteiger partial charge in [0.1, 0.15) is 5.69 Å². The molecule has 0 spiro atoms. The van der Waals surface area contributed by atoms with Gasteiger partial charge >= 0.3 is 5.97 Å². The second-order valence-electron chi connectivity index (χ2n) is 4.70. The molecule has 18 heavy (non-hydrogen) atoms. The van der Waals surface area contributed by atoms with E-state index in [9.17, 15) is 9.90 Å². The van der Waals surface area contributed by atoms with Crippen LogP contribution in [0.5, 0.6) is 0 Å². The molecule has 0 aliphatic carbocycles. The molecule has 2 aromatic rings. The van der Waals surface area contributed by atoms with E-state index in [0.717, 1.165) is 11.1 Å². The van der Waals surface area contributed by atoms with E-state index in [4.69, 9.17) is 0 Å². The Labute approximate surface area is 107 Å². The van der Waals surface area contributed by atoms with Crippen molar-refractivity contribution in [2.45, 2.75) is 27.3 Å². The zero-order valence-electron chi connectivity index (χ0n) is 10.9. The third-order valence-corrected chi connectivity index (χ3v) is 3.29. The van der Waals surface area contributed by atoms with Crippen LogP contribution in [0.2, 0.25) is 0 Å². The number of nitrogens with zero attached hydrogens (tertiary/aromatic N) is 1. The number of hydrogen-bond donors (Lipinski definition) is 1. The van der Waals surface area contributed by atoms with Gasteiger partial charge in [-0.15, -0.1) is 0 Å². The molecule has 1 aromatic carbocycles. The number of carboxylic acids is 1. The van der Waals surface area contributed by atoms with Crippen LogP contribution in [-0.4, -0.2) is 15.6 Å². The molecule has 0 aliphatic heterocycles. The molecule has 0 bridgehead atoms. The monoisotopic (exact) mass is 243 g/mol. The summed E-state index contributed by atoms with van der Waals surface area (Å²) in [6, 6.07) is 8.06. The summed E-state index contributed by atoms with van der Waals surface area (Å²) in [7, 11) is 0. The molecule has 0 fully saturated rings. The lowest BCUT2D eigenvalue weighted by Crippen LogP contribution is -2.10. The Kier molecular flexibility index (Phi) is 3.24. The van der Waals surface area contributed by atoms with Gasteiger partial charge in [0.05, 0.1) is 0 Å². The maximum Gasteiger partial charge on any atom is 0.352 e. The second-order valence-corrected chi connectivity index (χ2v) is 4.70. The molecule has 3 heteroatoms. The summed E-state index contributed by atoms with van der Waals surface area (Å²) in [5.41, 5.74) is 4.77. The van der Waals surface area contributed by atoms with Crippen LogP contribution >= 0.6 is 0 Å². The van der Waals surface area contributed by atoms with Crippen LogP contribution in [0.25, 0.3) is 0 Å². The minimum Gasteiger partial charge on any atom is -0.477 e. The maximum absolute atomic E-state index is 11.2. The van der Waals surface area contributed by atoms with Crippen LogP contribution in [0.1, 0.15) is 32.7 Å². The van der Waals surface area contributed by atoms with E-state index in [1.54, 1.807) is 4.57 Å². The molecule has 0 atom stereocenters. The van der Waals surface area contributed by atoms with Gasteiger partial charge in [0.25, 0.3) is 0 Å². The van der Waals surface area contributed by atoms with Crippen molar-refractivity contribution in [2.24, 2.45) is 0 Å². The first-order valence-electron chi connectivity index (χ1n) is 5.94. The molecule has 0 saturated carbocycles. The van der Waals surface area contributed by atoms with E-state index >= 15 is 0 Å². The zero-order chi connectivity index (χ0) is 13.3. The SMILES string of the molecule is Cc1ccc(Cn2ccc(C)c2C(=O)O)cc1C. The van der Waals surface area contributed by atoms with Crippen molar-refractivity contribution < 1.29 is 9.90 Å². The summed E-state index contributed by atoms with van der Waals surface area (Å²) in [5, 5.41) is 9.19. The average molecular weight is 243 g/mol. The van der Waals surface area contributed by atoms with E-state index in [-0.39, 0.29) is 0 Å². The summed E-state index contributed by atoms with van der Waals surface area (Å²) in [5.74, 6) is -0.874. The first kappa shape index (κ1) is 12.4. The van der Waals surface area contributed by atoms with E-state index in [1.807, 2.05) is 25.3 Å². The number of hydrogen-bond acceptors (Lipinski definition) is 1. The average Bonchev–Trinajstić information content (AvgIpc) is 2.65. The Morgan fingerprint density at radius 2 is 1.83 bits per heavy atom. The van der Waals surface area contributed by atoms with Crippen LogP contribution in [0.4, 0.5) is 0 Å². The number of benzene rings is 1. The van der Waals surface area contributed by atoms with E-state index in [2.05, 4.69) is 26.0 Å². The second kappa shape index (κ2) is 4.69. The van der Waals surface area contributed by atoms with Gasteiger partial charge in [-0.05, 0) is 49.1 Å². The van der Waals surface area contributed by atoms with Crippen molar-refractivity contribution in [1.82, 2.24) is 4.57 Å². The Morgan fingerprint density at radius 3 is 2.44 bits per heavy atom. The molecule has 0 saturated heterocycles. The Bertz CT molecular complexity index is 597. The lowest BCUT2D eigenvalue weighted by Gasteiger charge is -2.09. The fraction of sp³-hybridized carbons (Fsp3) is 0.267. The maximum atomic E-state index is 11.2. The van der Waals surface area contributed by atoms with Crippen LogP contribution in [0, 0.1) is 20.8 Å². The molecule has 0 aliphatic rings. The van der Waals surface area contributed by atoms with E-state index < -0.39 is 5.97 Å². The van der Waals surface area contributed by atoms with Gasteiger partial charge < -0.3 is 9.67 Å². The highest BCUT2D eigenvalue weighted by Crippen LogP contribution is 2.15. The molecule has 0 radical (unpaired) electrons. The third-order valence-electron chi connectivity index (χ3n) is 3.29. The highest BCUT2D eigenvalue weighted by molar-refractivity contribution is 5.87. The van der Waals surface area contributed by atoms with Crippen molar-refractivity contribution in [2.75, 3.05) is 0 Å². The zero-order valence-corrected chi connectivity index (χ0v) is 10.9. The summed E-state index contributed by atoms with van der Waals surface area (Å²) in [6.07, 6.45) is 1.83. The van der Waals surface area contributed by atoms with Gasteiger partial charge in [-0.3, -0.25) is 0 Å². The van der Waals surface area contributed by atoms with Crippen molar-refractivity contribution >= 4 is 5.97 Å². The predicted molar refractivity (Wildman–Crippen MR) is 71.1 cm³/mol. The number of carbonyl (C=O) groups is 1. The smallest absolute Gasteiger partial charge is 0.352 e. The summed E-state index contributed by atoms with van der Waals surface area (Å²) in [4.78, 5) is 11.2. The quantitative estimate of drug-likeness (QED) is 0.899. The molecule has 2 rings (SSSR count). The summed E-state index contributed by atoms with van der Waals surface area (Å²) >= 11 is 0. The molecular weight excluding hydrogens is 226 g/mol. The minimum absolute atomic E-state index is 0.369. The van der Waals surface area contributed by atoms with Crippen molar-refractivity contribution in [3.8, 4) is 0 Å². The highest BCUT2D eigenvalue weighted by Gasteiger charge is 2.13. The molecule has 1 N–H and O–H groups in total. The molecular formula is C15H17NO2. The first-order chi connectivity index (χ1) is 8.49. The molecule has 3 nitrogen and oxygen atoms in total. The molecule has 0 unspecified atom stereocenters. The first-order valence-corrected chi connectivity index (χ1v) is 5.94. The molecule has 94 valence electrons. The standard InChI is InChI=1S/C15H17NO2/c1-10-4-5-13(8-12(10)3)9-16-7-6-11(2)14(16)15(17)18/h4-8H,9H2,1-3H3,(H,17,18). The lowest BCUT2D eigenvalue weighted by atomic mass is 10.1. The Balaban J connectivity index is 2.34. The topological polar surface area (TPSA) is 42.2 Å². The number of aromatic carboxylic acids is 1. The Hall–Kier alpha value is -2.03. The van der Waals surface area contributed by atoms with Gasteiger partial charge in [-0.1, -0.05) is 18.2 Å². The van der Waals surface area contributed by atoms with Gasteiger partial charge in [0.2, 0.25) is 0 Å². The summed E-state index contributed by atoms with van der Waals surface area (Å²) < 4.78 is 1.78. The minimum atomic E-state index is -0.874. The van der Waals surface area contributed by atoms with Gasteiger partial charge in [-0.2, -0.15) is 0 Å². The van der Waals surface area contributed by atoms with Crippen molar-refractivity contribution in [3.63, 3.8) is 0 Å². The predicted octanol–water partition coefficient (Wildman–Crippen LogP) is 3.16. The van der Waals surface area contributed by atoms with Gasteiger partial charge in [-0.25, -0.2) is 4.79 Å². The van der Waals surface area contributed by atoms with Crippen LogP contribution < -0.4 is 0 Å². The number of rotatable bonds is 3. The summed E-state index contributed by atoms with van der Waals surface area (Å²) in [6.45, 7) is 6.55. The third kappa shape index (κ3) is 2.30. The fourth-order valence-electron chi connectivity index (χ4n) is 2.10. The van der Waals surface area contributed by atoms with Crippen LogP contribution in [-0.2, 0) is 6.54 Å². The van der Waals surface area contributed by atoms with Gasteiger partial charge in [0, 0.05) is 12.7 Å². The van der Waals surface area contributed by atoms with Crippen LogP contribution in [0.3, 0.4) is 0 Å². The molecule has 0 amide bonds. The molecule has 1 aromatic heterocycles. The van der Waals surface area contributed by atoms with Gasteiger partial charge in [0.15, 0.2) is 0 Å². The number of aromatic nitrogens is 1. The van der Waals surface area contributed by atoms with E-state index in [1.165, 1.54) is 11.1 Å². The normalized spacial score (nSPS) is 10.6. The molecule has 1 heterocycles. The fourth-order valence-corrected chi connectivity index (χ4v) is 2.10. The van der Waals surface area contributed by atoms with E-state index in [0.29, 0.717) is 12.2 Å². The number of aryl methyl sites for hydroxylation is 3. The van der Waals surface area contributed by atoms with Crippen LogP contribution in [0.15, 0.2) is 30.5 Å². The Morgan fingerprint density at radius 1 is 1.11 bits per heavy atom.